The predicted molar refractivity (Wildman–Crippen MR) is 122 cm³/mol. The highest BCUT2D eigenvalue weighted by Gasteiger charge is 2.51. The molecule has 0 amide bonds. The molecule has 140 valence electrons. The van der Waals surface area contributed by atoms with Gasteiger partial charge >= 0.3 is 0 Å². The summed E-state index contributed by atoms with van der Waals surface area (Å²) in [5.74, 6) is 0. The summed E-state index contributed by atoms with van der Waals surface area (Å²) in [7, 11) is 2.17. The molecular weight excluding hydrogens is 350 g/mol. The Kier molecular flexibility index (Phi) is 3.35. The van der Waals surface area contributed by atoms with Crippen LogP contribution in [0.5, 0.6) is 0 Å². The second-order valence-corrected chi connectivity index (χ2v) is 8.13. The van der Waals surface area contributed by atoms with Gasteiger partial charge in [-0.3, -0.25) is 0 Å². The number of rotatable bonds is 2. The largest absolute Gasteiger partial charge is 0.375 e. The maximum absolute atomic E-state index is 2.38. The van der Waals surface area contributed by atoms with Crippen molar-refractivity contribution in [3.05, 3.63) is 113 Å². The van der Waals surface area contributed by atoms with Gasteiger partial charge in [-0.1, -0.05) is 78.9 Å². The highest BCUT2D eigenvalue weighted by molar-refractivity contribution is 5.95. The van der Waals surface area contributed by atoms with E-state index in [2.05, 4.69) is 110 Å². The Labute approximate surface area is 172 Å². The Bertz CT molecular complexity index is 1220. The number of hydrogen-bond acceptors (Lipinski definition) is 1. The monoisotopic (exact) mass is 373 g/mol. The SMILES string of the molecule is CCN(C)c1ccc2c(c1)-c1ccccc1C21c2ccccc2-c2ccccc21. The lowest BCUT2D eigenvalue weighted by Crippen LogP contribution is -2.26. The van der Waals surface area contributed by atoms with Crippen molar-refractivity contribution in [3.63, 3.8) is 0 Å². The molecule has 0 N–H and O–H groups in total. The maximum Gasteiger partial charge on any atom is 0.0725 e. The van der Waals surface area contributed by atoms with Gasteiger partial charge < -0.3 is 4.90 Å². The van der Waals surface area contributed by atoms with E-state index >= 15 is 0 Å². The first-order valence-corrected chi connectivity index (χ1v) is 10.4. The minimum absolute atomic E-state index is 0.220. The van der Waals surface area contributed by atoms with Crippen LogP contribution < -0.4 is 4.90 Å². The molecule has 0 atom stereocenters. The van der Waals surface area contributed by atoms with E-state index in [0.717, 1.165) is 6.54 Å². The van der Waals surface area contributed by atoms with Crippen LogP contribution in [0, 0.1) is 0 Å². The third-order valence-corrected chi connectivity index (χ3v) is 6.90. The van der Waals surface area contributed by atoms with Gasteiger partial charge in [0.15, 0.2) is 0 Å². The van der Waals surface area contributed by atoms with Crippen molar-refractivity contribution < 1.29 is 0 Å². The van der Waals surface area contributed by atoms with Gasteiger partial charge in [-0.15, -0.1) is 0 Å². The van der Waals surface area contributed by atoms with E-state index < -0.39 is 0 Å². The molecule has 1 spiro atoms. The van der Waals surface area contributed by atoms with E-state index in [-0.39, 0.29) is 5.41 Å². The highest BCUT2D eigenvalue weighted by atomic mass is 15.1. The molecule has 29 heavy (non-hydrogen) atoms. The van der Waals surface area contributed by atoms with E-state index in [9.17, 15) is 0 Å². The molecule has 4 aromatic rings. The lowest BCUT2D eigenvalue weighted by molar-refractivity contribution is 0.793. The molecule has 0 unspecified atom stereocenters. The van der Waals surface area contributed by atoms with Crippen LogP contribution in [0.4, 0.5) is 5.69 Å². The summed E-state index contributed by atoms with van der Waals surface area (Å²) in [4.78, 5) is 2.31. The molecule has 0 aromatic heterocycles. The van der Waals surface area contributed by atoms with Crippen molar-refractivity contribution in [2.24, 2.45) is 0 Å². The van der Waals surface area contributed by atoms with Crippen LogP contribution in [0.3, 0.4) is 0 Å². The zero-order chi connectivity index (χ0) is 19.6. The lowest BCUT2D eigenvalue weighted by atomic mass is 9.70. The van der Waals surface area contributed by atoms with Crippen LogP contribution in [-0.2, 0) is 5.41 Å². The number of anilines is 1. The first kappa shape index (κ1) is 16.6. The first-order chi connectivity index (χ1) is 14.3. The van der Waals surface area contributed by atoms with Crippen LogP contribution in [-0.4, -0.2) is 13.6 Å². The van der Waals surface area contributed by atoms with Crippen LogP contribution in [0.1, 0.15) is 29.2 Å². The number of benzene rings is 4. The van der Waals surface area contributed by atoms with Crippen LogP contribution in [0.25, 0.3) is 22.3 Å². The normalized spacial score (nSPS) is 14.3. The molecule has 0 aliphatic heterocycles. The molecule has 0 saturated heterocycles. The number of fused-ring (bicyclic) bond motifs is 10. The molecule has 2 aliphatic carbocycles. The Hall–Kier alpha value is -3.32. The standard InChI is InChI=1S/C28H23N/c1-3-29(2)19-16-17-27-23(18-19)22-12-6-9-15-26(22)28(27)24-13-7-4-10-20(24)21-11-5-8-14-25(21)28/h4-18H,3H2,1-2H3. The summed E-state index contributed by atoms with van der Waals surface area (Å²) in [6.07, 6.45) is 0. The third kappa shape index (κ3) is 1.95. The average molecular weight is 373 g/mol. The third-order valence-electron chi connectivity index (χ3n) is 6.90. The molecule has 4 aromatic carbocycles. The van der Waals surface area contributed by atoms with Crippen molar-refractivity contribution in [2.45, 2.75) is 12.3 Å². The van der Waals surface area contributed by atoms with Crippen molar-refractivity contribution in [1.82, 2.24) is 0 Å². The van der Waals surface area contributed by atoms with Crippen LogP contribution in [0.2, 0.25) is 0 Å². The summed E-state index contributed by atoms with van der Waals surface area (Å²) in [5.41, 5.74) is 12.1. The zero-order valence-corrected chi connectivity index (χ0v) is 16.8. The van der Waals surface area contributed by atoms with Crippen molar-refractivity contribution in [2.75, 3.05) is 18.5 Å². The van der Waals surface area contributed by atoms with E-state index in [1.54, 1.807) is 0 Å². The van der Waals surface area contributed by atoms with E-state index in [1.807, 2.05) is 0 Å². The molecule has 1 nitrogen and oxygen atoms in total. The number of hydrogen-bond donors (Lipinski definition) is 0. The van der Waals surface area contributed by atoms with Gasteiger partial charge in [-0.25, -0.2) is 0 Å². The molecule has 0 radical (unpaired) electrons. The Morgan fingerprint density at radius 1 is 0.586 bits per heavy atom. The Balaban J connectivity index is 1.77. The smallest absolute Gasteiger partial charge is 0.0725 e. The van der Waals surface area contributed by atoms with Crippen molar-refractivity contribution >= 4 is 5.69 Å². The van der Waals surface area contributed by atoms with Gasteiger partial charge in [-0.05, 0) is 63.6 Å². The fraction of sp³-hybridized carbons (Fsp3) is 0.143. The van der Waals surface area contributed by atoms with Gasteiger partial charge in [0.25, 0.3) is 0 Å². The predicted octanol–water partition coefficient (Wildman–Crippen LogP) is 6.49. The molecular formula is C28H23N. The summed E-state index contributed by atoms with van der Waals surface area (Å²) in [6.45, 7) is 3.20. The lowest BCUT2D eigenvalue weighted by Gasteiger charge is -2.30. The summed E-state index contributed by atoms with van der Waals surface area (Å²) < 4.78 is 0. The molecule has 6 rings (SSSR count). The Morgan fingerprint density at radius 3 is 1.55 bits per heavy atom. The molecule has 2 aliphatic rings. The van der Waals surface area contributed by atoms with Crippen LogP contribution in [0.15, 0.2) is 91.0 Å². The second-order valence-electron chi connectivity index (χ2n) is 8.13. The number of nitrogens with zero attached hydrogens (tertiary/aromatic N) is 1. The minimum atomic E-state index is -0.220. The molecule has 0 heterocycles. The second kappa shape index (κ2) is 5.84. The fourth-order valence-corrected chi connectivity index (χ4v) is 5.51. The summed E-state index contributed by atoms with van der Waals surface area (Å²) in [6, 6.07) is 33.9. The van der Waals surface area contributed by atoms with Gasteiger partial charge in [0, 0.05) is 19.3 Å². The summed E-state index contributed by atoms with van der Waals surface area (Å²) in [5, 5.41) is 0. The topological polar surface area (TPSA) is 3.24 Å². The van der Waals surface area contributed by atoms with Gasteiger partial charge in [0.1, 0.15) is 0 Å². The maximum atomic E-state index is 2.38. The van der Waals surface area contributed by atoms with Crippen molar-refractivity contribution in [1.29, 1.82) is 0 Å². The molecule has 0 bridgehead atoms. The average Bonchev–Trinajstić information content (AvgIpc) is 3.25. The van der Waals surface area contributed by atoms with Gasteiger partial charge in [0.05, 0.1) is 5.41 Å². The molecule has 1 heteroatoms. The van der Waals surface area contributed by atoms with E-state index in [4.69, 9.17) is 0 Å². The fourth-order valence-electron chi connectivity index (χ4n) is 5.51. The van der Waals surface area contributed by atoms with Gasteiger partial charge in [0.2, 0.25) is 0 Å². The first-order valence-electron chi connectivity index (χ1n) is 10.4. The van der Waals surface area contributed by atoms with E-state index in [1.165, 1.54) is 50.2 Å². The quantitative estimate of drug-likeness (QED) is 0.335. The zero-order valence-electron chi connectivity index (χ0n) is 16.8. The van der Waals surface area contributed by atoms with Gasteiger partial charge in [-0.2, -0.15) is 0 Å². The summed E-state index contributed by atoms with van der Waals surface area (Å²) >= 11 is 0. The van der Waals surface area contributed by atoms with Crippen molar-refractivity contribution in [3.8, 4) is 22.3 Å². The molecule has 0 fully saturated rings. The molecule has 0 saturated carbocycles. The minimum Gasteiger partial charge on any atom is -0.375 e. The Morgan fingerprint density at radius 2 is 1.03 bits per heavy atom. The van der Waals surface area contributed by atoms with E-state index in [0.29, 0.717) is 0 Å². The van der Waals surface area contributed by atoms with Crippen LogP contribution >= 0.6 is 0 Å². The highest BCUT2D eigenvalue weighted by Crippen LogP contribution is 2.62.